The van der Waals surface area contributed by atoms with E-state index >= 15 is 0 Å². The van der Waals surface area contributed by atoms with Crippen molar-refractivity contribution >= 4 is 23.2 Å². The van der Waals surface area contributed by atoms with Gasteiger partial charge in [0.1, 0.15) is 11.6 Å². The van der Waals surface area contributed by atoms with E-state index in [4.69, 9.17) is 14.2 Å². The predicted molar refractivity (Wildman–Crippen MR) is 129 cm³/mol. The number of carbonyl (C=O) groups is 3. The molecule has 0 spiro atoms. The third-order valence-corrected chi connectivity index (χ3v) is 4.96. The Kier molecular flexibility index (Phi) is 14.5. The molecule has 0 fully saturated rings. The summed E-state index contributed by atoms with van der Waals surface area (Å²) in [6, 6.07) is 7.54. The second-order valence-corrected chi connectivity index (χ2v) is 9.08. The summed E-state index contributed by atoms with van der Waals surface area (Å²) in [6.07, 6.45) is 0.839. The number of Topliss-reactive ketones (excluding diaryl/α,β-unsaturated/α-hetero) is 2. The quantitative estimate of drug-likeness (QED) is 0.324. The van der Waals surface area contributed by atoms with Crippen LogP contribution in [0, 0.1) is 17.8 Å². The van der Waals surface area contributed by atoms with Crippen LogP contribution in [-0.4, -0.2) is 50.5 Å². The Bertz CT molecular complexity index is 714. The fraction of sp³-hybridized carbons (Fsp3) is 0.654. The van der Waals surface area contributed by atoms with E-state index in [2.05, 4.69) is 19.2 Å². The van der Waals surface area contributed by atoms with Gasteiger partial charge in [0.25, 0.3) is 0 Å². The molecule has 1 aromatic carbocycles. The van der Waals surface area contributed by atoms with Crippen LogP contribution >= 0.6 is 0 Å². The Hall–Kier alpha value is -2.09. The first-order valence-electron chi connectivity index (χ1n) is 11.9. The predicted octanol–water partition coefficient (Wildman–Crippen LogP) is 4.43. The average Bonchev–Trinajstić information content (AvgIpc) is 2.76. The fourth-order valence-corrected chi connectivity index (χ4v) is 2.87. The Labute approximate surface area is 198 Å². The van der Waals surface area contributed by atoms with Gasteiger partial charge < -0.3 is 19.5 Å². The highest BCUT2D eigenvalue weighted by Crippen LogP contribution is 2.14. The van der Waals surface area contributed by atoms with E-state index < -0.39 is 5.92 Å². The number of ether oxygens (including phenoxy) is 3. The molecular weight excluding hydrogens is 422 g/mol. The molecule has 0 radical (unpaired) electrons. The van der Waals surface area contributed by atoms with Gasteiger partial charge in [0.15, 0.2) is 0 Å². The van der Waals surface area contributed by atoms with Gasteiger partial charge in [0, 0.05) is 43.4 Å². The molecule has 7 nitrogen and oxygen atoms in total. The van der Waals surface area contributed by atoms with Crippen LogP contribution in [-0.2, 0) is 35.2 Å². The van der Waals surface area contributed by atoms with Crippen LogP contribution in [0.4, 0.5) is 5.69 Å². The number of ketones is 2. The Morgan fingerprint density at radius 2 is 1.42 bits per heavy atom. The van der Waals surface area contributed by atoms with Crippen molar-refractivity contribution in [3.8, 4) is 0 Å². The van der Waals surface area contributed by atoms with Crippen molar-refractivity contribution in [2.45, 2.75) is 60.5 Å². The number of hydrogen-bond acceptors (Lipinski definition) is 6. The minimum atomic E-state index is -0.423. The summed E-state index contributed by atoms with van der Waals surface area (Å²) in [5, 5.41) is 2.86. The molecule has 1 amide bonds. The average molecular weight is 464 g/mol. The lowest BCUT2D eigenvalue weighted by atomic mass is 10.0. The maximum absolute atomic E-state index is 12.4. The molecule has 0 unspecified atom stereocenters. The molecule has 1 atom stereocenters. The van der Waals surface area contributed by atoms with Crippen molar-refractivity contribution in [3.63, 3.8) is 0 Å². The fourth-order valence-electron chi connectivity index (χ4n) is 2.87. The highest BCUT2D eigenvalue weighted by Gasteiger charge is 2.17. The van der Waals surface area contributed by atoms with Gasteiger partial charge in [-0.15, -0.1) is 0 Å². The van der Waals surface area contributed by atoms with Crippen LogP contribution in [0.2, 0.25) is 0 Å². The van der Waals surface area contributed by atoms with E-state index in [0.29, 0.717) is 57.7 Å². The van der Waals surface area contributed by atoms with Gasteiger partial charge in [-0.1, -0.05) is 46.8 Å². The van der Waals surface area contributed by atoms with Gasteiger partial charge in [0.05, 0.1) is 33.0 Å². The van der Waals surface area contributed by atoms with Crippen LogP contribution in [0.5, 0.6) is 0 Å². The molecule has 1 rings (SSSR count). The highest BCUT2D eigenvalue weighted by molar-refractivity contribution is 5.95. The molecular formula is C26H41NO6. The lowest BCUT2D eigenvalue weighted by Gasteiger charge is -2.12. The standard InChI is InChI=1S/C26H41NO6/c1-19(2)17-33-18-22-6-8-23(9-7-22)27-26(30)21(5)16-24(28)10-12-31-14-15-32-13-11-25(29)20(3)4/h6-9,19-21H,10-18H2,1-5H3,(H,27,30)/t21-/m0/s1. The molecule has 0 saturated carbocycles. The number of carbonyl (C=O) groups excluding carboxylic acids is 3. The first-order chi connectivity index (χ1) is 15.7. The van der Waals surface area contributed by atoms with E-state index in [1.165, 1.54) is 0 Å². The summed E-state index contributed by atoms with van der Waals surface area (Å²) in [6.45, 7) is 12.4. The molecule has 0 saturated heterocycles. The van der Waals surface area contributed by atoms with Crippen LogP contribution in [0.15, 0.2) is 24.3 Å². The maximum atomic E-state index is 12.4. The van der Waals surface area contributed by atoms with Crippen molar-refractivity contribution in [1.29, 1.82) is 0 Å². The SMILES string of the molecule is CC(C)COCc1ccc(NC(=O)[C@@H](C)CC(=O)CCOCCOCCC(=O)C(C)C)cc1. The zero-order valence-corrected chi connectivity index (χ0v) is 20.9. The second-order valence-electron chi connectivity index (χ2n) is 9.08. The van der Waals surface area contributed by atoms with Gasteiger partial charge in [0.2, 0.25) is 5.91 Å². The number of amides is 1. The van der Waals surface area contributed by atoms with Crippen molar-refractivity contribution in [2.24, 2.45) is 17.8 Å². The number of benzene rings is 1. The lowest BCUT2D eigenvalue weighted by molar-refractivity contribution is -0.126. The molecule has 7 heteroatoms. The first-order valence-corrected chi connectivity index (χ1v) is 11.9. The highest BCUT2D eigenvalue weighted by atomic mass is 16.5. The molecule has 0 bridgehead atoms. The molecule has 0 aromatic heterocycles. The van der Waals surface area contributed by atoms with Gasteiger partial charge in [-0.2, -0.15) is 0 Å². The molecule has 0 aliphatic heterocycles. The summed E-state index contributed by atoms with van der Waals surface area (Å²) in [4.78, 5) is 36.0. The van der Waals surface area contributed by atoms with Gasteiger partial charge >= 0.3 is 0 Å². The van der Waals surface area contributed by atoms with Crippen LogP contribution < -0.4 is 5.32 Å². The number of hydrogen-bond donors (Lipinski definition) is 1. The summed E-state index contributed by atoms with van der Waals surface area (Å²) in [5.74, 6) is 0.0825. The summed E-state index contributed by atoms with van der Waals surface area (Å²) >= 11 is 0. The van der Waals surface area contributed by atoms with Crippen LogP contribution in [0.25, 0.3) is 0 Å². The van der Waals surface area contributed by atoms with Crippen molar-refractivity contribution in [1.82, 2.24) is 0 Å². The molecule has 1 aromatic rings. The smallest absolute Gasteiger partial charge is 0.227 e. The third-order valence-electron chi connectivity index (χ3n) is 4.96. The number of rotatable bonds is 18. The zero-order valence-electron chi connectivity index (χ0n) is 20.9. The topological polar surface area (TPSA) is 90.9 Å². The van der Waals surface area contributed by atoms with Gasteiger partial charge in [-0.25, -0.2) is 0 Å². The third kappa shape index (κ3) is 13.9. The zero-order chi connectivity index (χ0) is 24.6. The largest absolute Gasteiger partial charge is 0.379 e. The molecule has 0 aliphatic carbocycles. The molecule has 33 heavy (non-hydrogen) atoms. The molecule has 0 heterocycles. The maximum Gasteiger partial charge on any atom is 0.227 e. The number of anilines is 1. The van der Waals surface area contributed by atoms with Gasteiger partial charge in [-0.3, -0.25) is 14.4 Å². The van der Waals surface area contributed by atoms with E-state index in [9.17, 15) is 14.4 Å². The Balaban J connectivity index is 2.17. The van der Waals surface area contributed by atoms with Crippen molar-refractivity contribution in [3.05, 3.63) is 29.8 Å². The monoisotopic (exact) mass is 463 g/mol. The first kappa shape index (κ1) is 28.9. The van der Waals surface area contributed by atoms with Gasteiger partial charge in [-0.05, 0) is 23.6 Å². The summed E-state index contributed by atoms with van der Waals surface area (Å²) in [7, 11) is 0. The Morgan fingerprint density at radius 3 is 2.00 bits per heavy atom. The second kappa shape index (κ2) is 16.5. The lowest BCUT2D eigenvalue weighted by Crippen LogP contribution is -2.23. The minimum absolute atomic E-state index is 0.0150. The molecule has 0 aliphatic rings. The van der Waals surface area contributed by atoms with E-state index in [1.807, 2.05) is 38.1 Å². The number of nitrogens with one attached hydrogen (secondary N) is 1. The summed E-state index contributed by atoms with van der Waals surface area (Å²) < 4.78 is 16.4. The van der Waals surface area contributed by atoms with Crippen molar-refractivity contribution < 1.29 is 28.6 Å². The normalized spacial score (nSPS) is 12.2. The van der Waals surface area contributed by atoms with E-state index in [0.717, 1.165) is 5.56 Å². The van der Waals surface area contributed by atoms with E-state index in [1.54, 1.807) is 6.92 Å². The summed E-state index contributed by atoms with van der Waals surface area (Å²) in [5.41, 5.74) is 1.75. The van der Waals surface area contributed by atoms with E-state index in [-0.39, 0.29) is 36.2 Å². The van der Waals surface area contributed by atoms with Crippen LogP contribution in [0.3, 0.4) is 0 Å². The minimum Gasteiger partial charge on any atom is -0.379 e. The molecule has 1 N–H and O–H groups in total. The van der Waals surface area contributed by atoms with Crippen molar-refractivity contribution in [2.75, 3.05) is 38.4 Å². The molecule has 186 valence electrons. The van der Waals surface area contributed by atoms with Crippen LogP contribution in [0.1, 0.15) is 59.4 Å². The Morgan fingerprint density at radius 1 is 0.818 bits per heavy atom.